The Morgan fingerprint density at radius 1 is 0.647 bits per heavy atom. The van der Waals surface area contributed by atoms with Gasteiger partial charge in [0.2, 0.25) is 0 Å². The molecule has 104 valence electrons. The average molecular weight is 242 g/mol. The fourth-order valence-corrected chi connectivity index (χ4v) is 2.42. The van der Waals surface area contributed by atoms with Crippen molar-refractivity contribution in [3.63, 3.8) is 0 Å². The highest BCUT2D eigenvalue weighted by Gasteiger charge is 2.06. The minimum absolute atomic E-state index is 0.357. The van der Waals surface area contributed by atoms with Gasteiger partial charge in [-0.05, 0) is 30.6 Å². The van der Waals surface area contributed by atoms with E-state index in [4.69, 9.17) is 5.11 Å². The molecule has 2 atom stereocenters. The van der Waals surface area contributed by atoms with Crippen LogP contribution in [0.3, 0.4) is 0 Å². The molecule has 0 spiro atoms. The van der Waals surface area contributed by atoms with Crippen molar-refractivity contribution in [3.05, 3.63) is 0 Å². The van der Waals surface area contributed by atoms with E-state index in [0.29, 0.717) is 6.61 Å². The van der Waals surface area contributed by atoms with Crippen LogP contribution >= 0.6 is 0 Å². The summed E-state index contributed by atoms with van der Waals surface area (Å²) in [4.78, 5) is 0. The number of aliphatic hydroxyl groups is 1. The molecular weight excluding hydrogens is 208 g/mol. The van der Waals surface area contributed by atoms with Gasteiger partial charge in [0.15, 0.2) is 0 Å². The summed E-state index contributed by atoms with van der Waals surface area (Å²) in [5.41, 5.74) is 0. The lowest BCUT2D eigenvalue weighted by atomic mass is 9.92. The molecule has 0 aromatic heterocycles. The molecule has 0 aliphatic heterocycles. The van der Waals surface area contributed by atoms with E-state index in [1.54, 1.807) is 0 Å². The van der Waals surface area contributed by atoms with E-state index in [2.05, 4.69) is 27.7 Å². The van der Waals surface area contributed by atoms with Gasteiger partial charge < -0.3 is 5.11 Å². The zero-order valence-corrected chi connectivity index (χ0v) is 12.5. The van der Waals surface area contributed by atoms with Crippen molar-refractivity contribution in [2.24, 2.45) is 17.8 Å². The van der Waals surface area contributed by atoms with Crippen LogP contribution in [0.4, 0.5) is 0 Å². The summed E-state index contributed by atoms with van der Waals surface area (Å²) < 4.78 is 0. The van der Waals surface area contributed by atoms with E-state index in [-0.39, 0.29) is 0 Å². The first-order valence-corrected chi connectivity index (χ1v) is 7.67. The number of hydrogen-bond donors (Lipinski definition) is 1. The zero-order chi connectivity index (χ0) is 13.1. The van der Waals surface area contributed by atoms with Crippen molar-refractivity contribution in [3.8, 4) is 0 Å². The van der Waals surface area contributed by atoms with Gasteiger partial charge in [-0.1, -0.05) is 66.2 Å². The molecule has 0 saturated carbocycles. The van der Waals surface area contributed by atoms with Gasteiger partial charge in [0.25, 0.3) is 0 Å². The maximum absolute atomic E-state index is 8.77. The maximum Gasteiger partial charge on any atom is 0.0431 e. The first kappa shape index (κ1) is 17.0. The van der Waals surface area contributed by atoms with Crippen molar-refractivity contribution in [1.82, 2.24) is 0 Å². The highest BCUT2D eigenvalue weighted by atomic mass is 16.2. The third-order valence-corrected chi connectivity index (χ3v) is 3.73. The third kappa shape index (κ3) is 12.2. The van der Waals surface area contributed by atoms with Gasteiger partial charge in [0.1, 0.15) is 0 Å². The lowest BCUT2D eigenvalue weighted by Crippen LogP contribution is -2.00. The predicted octanol–water partition coefficient (Wildman–Crippen LogP) is 5.03. The highest BCUT2D eigenvalue weighted by Crippen LogP contribution is 2.20. The number of rotatable bonds is 11. The second-order valence-corrected chi connectivity index (χ2v) is 6.33. The van der Waals surface area contributed by atoms with Gasteiger partial charge in [-0.15, -0.1) is 0 Å². The zero-order valence-electron chi connectivity index (χ0n) is 12.5. The monoisotopic (exact) mass is 242 g/mol. The third-order valence-electron chi connectivity index (χ3n) is 3.73. The first-order chi connectivity index (χ1) is 8.06. The molecule has 1 N–H and O–H groups in total. The first-order valence-electron chi connectivity index (χ1n) is 7.67. The fraction of sp³-hybridized carbons (Fsp3) is 1.00. The van der Waals surface area contributed by atoms with E-state index in [1.807, 2.05) is 0 Å². The lowest BCUT2D eigenvalue weighted by Gasteiger charge is -2.14. The molecule has 0 radical (unpaired) electrons. The number of aliphatic hydroxyl groups excluding tert-OH is 1. The van der Waals surface area contributed by atoms with Crippen LogP contribution in [0.2, 0.25) is 0 Å². The van der Waals surface area contributed by atoms with E-state index >= 15 is 0 Å². The molecule has 0 fully saturated rings. The van der Waals surface area contributed by atoms with Crippen LogP contribution < -0.4 is 0 Å². The predicted molar refractivity (Wildman–Crippen MR) is 77.2 cm³/mol. The van der Waals surface area contributed by atoms with Crippen molar-refractivity contribution in [1.29, 1.82) is 0 Å². The molecule has 17 heavy (non-hydrogen) atoms. The van der Waals surface area contributed by atoms with Gasteiger partial charge in [-0.2, -0.15) is 0 Å². The summed E-state index contributed by atoms with van der Waals surface area (Å²) in [7, 11) is 0. The largest absolute Gasteiger partial charge is 0.396 e. The van der Waals surface area contributed by atoms with Crippen LogP contribution in [0.25, 0.3) is 0 Å². The summed E-state index contributed by atoms with van der Waals surface area (Å²) in [5.74, 6) is 2.56. The Labute approximate surface area is 109 Å². The van der Waals surface area contributed by atoms with Crippen molar-refractivity contribution in [2.45, 2.75) is 79.1 Å². The Hall–Kier alpha value is -0.0400. The molecular formula is C16H34O. The Bertz CT molecular complexity index is 154. The molecule has 1 nitrogen and oxygen atoms in total. The van der Waals surface area contributed by atoms with Crippen LogP contribution in [-0.2, 0) is 0 Å². The molecule has 1 heteroatoms. The van der Waals surface area contributed by atoms with Crippen molar-refractivity contribution in [2.75, 3.05) is 6.61 Å². The van der Waals surface area contributed by atoms with E-state index < -0.39 is 0 Å². The molecule has 0 aliphatic rings. The number of hydrogen-bond acceptors (Lipinski definition) is 1. The van der Waals surface area contributed by atoms with Gasteiger partial charge >= 0.3 is 0 Å². The highest BCUT2D eigenvalue weighted by molar-refractivity contribution is 4.59. The molecule has 0 heterocycles. The van der Waals surface area contributed by atoms with Gasteiger partial charge in [-0.25, -0.2) is 0 Å². The fourth-order valence-electron chi connectivity index (χ4n) is 2.42. The lowest BCUT2D eigenvalue weighted by molar-refractivity contribution is 0.269. The van der Waals surface area contributed by atoms with Crippen molar-refractivity contribution < 1.29 is 5.11 Å². The van der Waals surface area contributed by atoms with E-state index in [9.17, 15) is 0 Å². The second kappa shape index (κ2) is 11.1. The summed E-state index contributed by atoms with van der Waals surface area (Å²) in [6.07, 6.45) is 10.5. The van der Waals surface area contributed by atoms with Crippen LogP contribution in [0.15, 0.2) is 0 Å². The standard InChI is InChI=1S/C16H34O/c1-14(2)8-5-9-15(3)10-6-11-16(4)12-7-13-17/h14-17H,5-13H2,1-4H3/t15-,16+/m0/s1. The Balaban J connectivity index is 3.34. The second-order valence-electron chi connectivity index (χ2n) is 6.33. The minimum atomic E-state index is 0.357. The van der Waals surface area contributed by atoms with Crippen LogP contribution in [0.1, 0.15) is 79.1 Å². The Morgan fingerprint density at radius 3 is 1.47 bits per heavy atom. The molecule has 0 bridgehead atoms. The Kier molecular flexibility index (Phi) is 11.0. The molecule has 0 aliphatic carbocycles. The van der Waals surface area contributed by atoms with Crippen LogP contribution in [0, 0.1) is 17.8 Å². The van der Waals surface area contributed by atoms with E-state index in [1.165, 1.54) is 44.9 Å². The molecule has 0 aromatic rings. The smallest absolute Gasteiger partial charge is 0.0431 e. The molecule has 0 amide bonds. The minimum Gasteiger partial charge on any atom is -0.396 e. The van der Waals surface area contributed by atoms with Gasteiger partial charge in [0.05, 0.1) is 0 Å². The molecule has 0 saturated heterocycles. The topological polar surface area (TPSA) is 20.2 Å². The summed E-state index contributed by atoms with van der Waals surface area (Å²) in [6.45, 7) is 9.70. The van der Waals surface area contributed by atoms with Crippen molar-refractivity contribution >= 4 is 0 Å². The normalized spacial score (nSPS) is 15.2. The summed E-state index contributed by atoms with van der Waals surface area (Å²) >= 11 is 0. The summed E-state index contributed by atoms with van der Waals surface area (Å²) in [6, 6.07) is 0. The molecule has 0 aromatic carbocycles. The Morgan fingerprint density at radius 2 is 1.06 bits per heavy atom. The van der Waals surface area contributed by atoms with Crippen LogP contribution in [-0.4, -0.2) is 11.7 Å². The van der Waals surface area contributed by atoms with E-state index in [0.717, 1.165) is 24.2 Å². The molecule has 0 unspecified atom stereocenters. The maximum atomic E-state index is 8.77. The summed E-state index contributed by atoms with van der Waals surface area (Å²) in [5, 5.41) is 8.77. The van der Waals surface area contributed by atoms with Gasteiger partial charge in [-0.3, -0.25) is 0 Å². The SMILES string of the molecule is CC(C)CCC[C@H](C)CCC[C@@H](C)CCCO. The van der Waals surface area contributed by atoms with Gasteiger partial charge in [0, 0.05) is 6.61 Å². The molecule has 0 rings (SSSR count). The van der Waals surface area contributed by atoms with Crippen LogP contribution in [0.5, 0.6) is 0 Å². The quantitative estimate of drug-likeness (QED) is 0.539. The average Bonchev–Trinajstić information content (AvgIpc) is 2.25.